The highest BCUT2D eigenvalue weighted by atomic mass is 79.9. The second-order valence-electron chi connectivity index (χ2n) is 4.54. The monoisotopic (exact) mass is 386 g/mol. The minimum Gasteiger partial charge on any atom is -0.330 e. The van der Waals surface area contributed by atoms with Crippen LogP contribution in [-0.4, -0.2) is 42.3 Å². The number of hydrogen-bond donors (Lipinski definition) is 0. The van der Waals surface area contributed by atoms with Crippen molar-refractivity contribution in [3.8, 4) is 0 Å². The normalized spacial score (nSPS) is 11.6. The second kappa shape index (κ2) is 7.24. The average Bonchev–Trinajstić information content (AvgIpc) is 3.07. The highest BCUT2D eigenvalue weighted by Gasteiger charge is 2.14. The van der Waals surface area contributed by atoms with E-state index in [1.165, 1.54) is 36.1 Å². The molecular weight excluding hydrogens is 372 g/mol. The van der Waals surface area contributed by atoms with Crippen molar-refractivity contribution in [3.63, 3.8) is 0 Å². The summed E-state index contributed by atoms with van der Waals surface area (Å²) in [4.78, 5) is 15.7. The van der Waals surface area contributed by atoms with Crippen LogP contribution in [0.2, 0.25) is 0 Å². The van der Waals surface area contributed by atoms with Crippen LogP contribution >= 0.6 is 39.0 Å². The molecule has 0 aliphatic carbocycles. The third-order valence-electron chi connectivity index (χ3n) is 2.64. The number of thioether (sulfide) groups is 1. The fourth-order valence-electron chi connectivity index (χ4n) is 1.65. The Bertz CT molecular complexity index is 596. The Kier molecular flexibility index (Phi) is 5.60. The maximum absolute atomic E-state index is 11.3. The standard InChI is InChI=1S/C7H5BrS.C6H10N4OS/c8-6-1-5-2-7(3-6)9-4-5;1-9(2)6(11)10(3)5-8-7-4-12-5/h1-3H,4H2;4H,1-3H3. The number of urea groups is 1. The highest BCUT2D eigenvalue weighted by Crippen LogP contribution is 2.34. The van der Waals surface area contributed by atoms with Gasteiger partial charge in [-0.15, -0.1) is 22.0 Å². The molecule has 1 aromatic heterocycles. The van der Waals surface area contributed by atoms with E-state index in [1.54, 1.807) is 26.7 Å². The van der Waals surface area contributed by atoms with Gasteiger partial charge in [0.05, 0.1) is 0 Å². The summed E-state index contributed by atoms with van der Waals surface area (Å²) in [5, 5.41) is 8.01. The molecule has 0 atom stereocenters. The lowest BCUT2D eigenvalue weighted by atomic mass is 10.2. The summed E-state index contributed by atoms with van der Waals surface area (Å²) in [5.41, 5.74) is 3.03. The number of benzene rings is 1. The van der Waals surface area contributed by atoms with Crippen molar-refractivity contribution in [2.45, 2.75) is 10.6 Å². The van der Waals surface area contributed by atoms with Gasteiger partial charge in [0.1, 0.15) is 5.51 Å². The van der Waals surface area contributed by atoms with E-state index in [-0.39, 0.29) is 6.03 Å². The topological polar surface area (TPSA) is 49.3 Å². The summed E-state index contributed by atoms with van der Waals surface area (Å²) in [6, 6.07) is 6.45. The zero-order valence-corrected chi connectivity index (χ0v) is 15.1. The molecule has 1 aliphatic heterocycles. The van der Waals surface area contributed by atoms with E-state index >= 15 is 0 Å². The van der Waals surface area contributed by atoms with Gasteiger partial charge in [-0.3, -0.25) is 4.90 Å². The first-order valence-corrected chi connectivity index (χ1v) is 8.76. The van der Waals surface area contributed by atoms with Gasteiger partial charge in [-0.1, -0.05) is 27.3 Å². The van der Waals surface area contributed by atoms with Crippen LogP contribution in [-0.2, 0) is 5.75 Å². The number of carbonyl (C=O) groups is 1. The maximum Gasteiger partial charge on any atom is 0.325 e. The third kappa shape index (κ3) is 4.42. The molecule has 8 heteroatoms. The molecule has 2 aromatic rings. The van der Waals surface area contributed by atoms with E-state index in [4.69, 9.17) is 0 Å². The number of fused-ring (bicyclic) bond motifs is 2. The second-order valence-corrected chi connectivity index (χ2v) is 7.32. The lowest BCUT2D eigenvalue weighted by Gasteiger charge is -2.18. The molecule has 112 valence electrons. The van der Waals surface area contributed by atoms with Gasteiger partial charge < -0.3 is 4.90 Å². The number of halogens is 1. The predicted molar refractivity (Wildman–Crippen MR) is 91.1 cm³/mol. The molecule has 2 amide bonds. The number of amides is 2. The van der Waals surface area contributed by atoms with Crippen molar-refractivity contribution in [1.82, 2.24) is 15.1 Å². The van der Waals surface area contributed by atoms with Crippen molar-refractivity contribution in [2.24, 2.45) is 0 Å². The number of rotatable bonds is 1. The van der Waals surface area contributed by atoms with Gasteiger partial charge in [0.25, 0.3) is 0 Å². The molecule has 0 fully saturated rings. The van der Waals surface area contributed by atoms with Gasteiger partial charge in [0, 0.05) is 36.3 Å². The Morgan fingerprint density at radius 2 is 2.05 bits per heavy atom. The lowest BCUT2D eigenvalue weighted by Crippen LogP contribution is -2.36. The molecule has 0 radical (unpaired) electrons. The summed E-state index contributed by atoms with van der Waals surface area (Å²) in [6.45, 7) is 0. The summed E-state index contributed by atoms with van der Waals surface area (Å²) in [5.74, 6) is 1.15. The van der Waals surface area contributed by atoms with Crippen LogP contribution in [0.25, 0.3) is 0 Å². The van der Waals surface area contributed by atoms with Crippen molar-refractivity contribution in [2.75, 3.05) is 26.0 Å². The van der Waals surface area contributed by atoms with Crippen LogP contribution in [0, 0.1) is 0 Å². The van der Waals surface area contributed by atoms with Crippen LogP contribution in [0.1, 0.15) is 5.56 Å². The summed E-state index contributed by atoms with van der Waals surface area (Å²) >= 11 is 6.68. The molecular formula is C13H15BrN4OS2. The van der Waals surface area contributed by atoms with Gasteiger partial charge >= 0.3 is 6.03 Å². The molecule has 2 bridgehead atoms. The zero-order valence-electron chi connectivity index (χ0n) is 11.9. The molecule has 1 aliphatic rings. The quantitative estimate of drug-likeness (QED) is 0.749. The molecule has 0 N–H and O–H groups in total. The number of nitrogens with zero attached hydrogens (tertiary/aromatic N) is 4. The minimum atomic E-state index is -0.105. The molecule has 0 saturated carbocycles. The van der Waals surface area contributed by atoms with Gasteiger partial charge in [-0.05, 0) is 23.8 Å². The number of hydrogen-bond acceptors (Lipinski definition) is 5. The number of carbonyl (C=O) groups excluding carboxylic acids is 1. The predicted octanol–water partition coefficient (Wildman–Crippen LogP) is 3.71. The molecule has 2 heterocycles. The molecule has 0 unspecified atom stereocenters. The Morgan fingerprint density at radius 1 is 1.29 bits per heavy atom. The van der Waals surface area contributed by atoms with Crippen LogP contribution in [0.5, 0.6) is 0 Å². The first-order valence-electron chi connectivity index (χ1n) is 6.11. The van der Waals surface area contributed by atoms with Gasteiger partial charge in [0.2, 0.25) is 5.13 Å². The van der Waals surface area contributed by atoms with E-state index in [1.807, 2.05) is 11.8 Å². The smallest absolute Gasteiger partial charge is 0.325 e. The van der Waals surface area contributed by atoms with Crippen LogP contribution in [0.3, 0.4) is 0 Å². The molecule has 1 aromatic carbocycles. The molecule has 21 heavy (non-hydrogen) atoms. The third-order valence-corrected chi connectivity index (χ3v) is 4.91. The van der Waals surface area contributed by atoms with E-state index in [2.05, 4.69) is 44.3 Å². The molecule has 0 spiro atoms. The SMILES string of the molecule is Brc1cc2cc(c1)SC2.CN(C)C(=O)N(C)c1nncs1. The fourth-order valence-corrected chi connectivity index (χ4v) is 3.81. The Balaban J connectivity index is 0.000000159. The zero-order chi connectivity index (χ0) is 15.4. The first kappa shape index (κ1) is 16.3. The van der Waals surface area contributed by atoms with Crippen molar-refractivity contribution >= 4 is 50.2 Å². The van der Waals surface area contributed by atoms with Crippen molar-refractivity contribution in [1.29, 1.82) is 0 Å². The van der Waals surface area contributed by atoms with Gasteiger partial charge in [0.15, 0.2) is 0 Å². The highest BCUT2D eigenvalue weighted by molar-refractivity contribution is 9.10. The first-order chi connectivity index (χ1) is 9.97. The lowest BCUT2D eigenvalue weighted by molar-refractivity contribution is 0.225. The largest absolute Gasteiger partial charge is 0.330 e. The molecule has 3 rings (SSSR count). The molecule has 5 nitrogen and oxygen atoms in total. The Labute approximate surface area is 140 Å². The van der Waals surface area contributed by atoms with Crippen LogP contribution < -0.4 is 4.90 Å². The summed E-state index contributed by atoms with van der Waals surface area (Å²) in [6.07, 6.45) is 0. The van der Waals surface area contributed by atoms with Crippen LogP contribution in [0.15, 0.2) is 33.1 Å². The number of aromatic nitrogens is 2. The Hall–Kier alpha value is -1.12. The fraction of sp³-hybridized carbons (Fsp3) is 0.308. The van der Waals surface area contributed by atoms with E-state index in [0.29, 0.717) is 5.13 Å². The van der Waals surface area contributed by atoms with Crippen LogP contribution in [0.4, 0.5) is 9.93 Å². The van der Waals surface area contributed by atoms with Crippen molar-refractivity contribution < 1.29 is 4.79 Å². The summed E-state index contributed by atoms with van der Waals surface area (Å²) in [7, 11) is 5.06. The van der Waals surface area contributed by atoms with Gasteiger partial charge in [-0.2, -0.15) is 0 Å². The van der Waals surface area contributed by atoms with E-state index < -0.39 is 0 Å². The van der Waals surface area contributed by atoms with E-state index in [9.17, 15) is 4.79 Å². The van der Waals surface area contributed by atoms with E-state index in [0.717, 1.165) is 5.75 Å². The number of anilines is 1. The van der Waals surface area contributed by atoms with Gasteiger partial charge in [-0.25, -0.2) is 4.79 Å². The average molecular weight is 387 g/mol. The maximum atomic E-state index is 11.3. The summed E-state index contributed by atoms with van der Waals surface area (Å²) < 4.78 is 1.21. The Morgan fingerprint density at radius 3 is 2.62 bits per heavy atom. The van der Waals surface area contributed by atoms with Crippen molar-refractivity contribution in [3.05, 3.63) is 33.7 Å². The minimum absolute atomic E-state index is 0.105. The molecule has 0 saturated heterocycles.